The van der Waals surface area contributed by atoms with E-state index in [-0.39, 0.29) is 148 Å². The van der Waals surface area contributed by atoms with E-state index >= 15 is 0 Å². The minimum atomic E-state index is -5.15. The van der Waals surface area contributed by atoms with E-state index in [1.54, 1.807) is 81.7 Å². The Kier molecular flexibility index (Phi) is 39.9. The number of ketones is 3. The van der Waals surface area contributed by atoms with Crippen molar-refractivity contribution in [2.75, 3.05) is 86.9 Å². The summed E-state index contributed by atoms with van der Waals surface area (Å²) in [7, 11) is -2.92. The van der Waals surface area contributed by atoms with E-state index in [0.29, 0.717) is 43.6 Å². The first-order chi connectivity index (χ1) is 60.9. The first kappa shape index (κ1) is 103. The van der Waals surface area contributed by atoms with Crippen molar-refractivity contribution in [3.05, 3.63) is 167 Å². The smallest absolute Gasteiger partial charge is 0.481 e. The number of nitrogens with one attached hydrogen (secondary N) is 2. The Morgan fingerprint density at radius 3 is 1.95 bits per heavy atom. The number of aliphatic hydroxyl groups excluding tert-OH is 4. The number of hydrogen-bond donors (Lipinski definition) is 7. The summed E-state index contributed by atoms with van der Waals surface area (Å²) in [6.45, 7) is 15.1. The zero-order valence-electron chi connectivity index (χ0n) is 74.3. The summed E-state index contributed by atoms with van der Waals surface area (Å²) >= 11 is 0. The molecule has 128 heavy (non-hydrogen) atoms. The number of carboxylic acids is 1. The Labute approximate surface area is 746 Å². The lowest BCUT2D eigenvalue weighted by Crippen LogP contribution is -2.60. The van der Waals surface area contributed by atoms with Gasteiger partial charge < -0.3 is 92.2 Å². The van der Waals surface area contributed by atoms with Gasteiger partial charge in [0.15, 0.2) is 32.9 Å². The van der Waals surface area contributed by atoms with Crippen LogP contribution in [0.2, 0.25) is 0 Å². The predicted molar refractivity (Wildman–Crippen MR) is 464 cm³/mol. The minimum Gasteiger partial charge on any atom is -0.481 e. The van der Waals surface area contributed by atoms with Gasteiger partial charge in [0.1, 0.15) is 60.3 Å². The van der Waals surface area contributed by atoms with Gasteiger partial charge >= 0.3 is 22.5 Å². The molecule has 0 saturated carbocycles. The van der Waals surface area contributed by atoms with Crippen LogP contribution in [0.15, 0.2) is 132 Å². The second kappa shape index (κ2) is 49.5. The number of sulfone groups is 1. The van der Waals surface area contributed by atoms with Gasteiger partial charge in [0, 0.05) is 83.3 Å². The molecule has 0 bridgehead atoms. The molecule has 8 rings (SSSR count). The van der Waals surface area contributed by atoms with Crippen LogP contribution in [0.4, 0.5) is 4.79 Å². The zero-order chi connectivity index (χ0) is 93.7. The molecular weight excluding hydrogens is 1710 g/mol. The number of aryl methyl sites for hydroxylation is 1. The first-order valence-corrected chi connectivity index (χ1v) is 45.7. The quantitative estimate of drug-likeness (QED) is 0.0154. The maximum atomic E-state index is 14.9. The molecule has 2 aliphatic heterocycles. The number of aliphatic hydroxyl groups is 4. The van der Waals surface area contributed by atoms with Gasteiger partial charge in [-0.3, -0.25) is 43.3 Å². The molecule has 3 heterocycles. The van der Waals surface area contributed by atoms with Crippen molar-refractivity contribution in [1.82, 2.24) is 40.3 Å². The predicted octanol–water partition coefficient (Wildman–Crippen LogP) is 6.71. The van der Waals surface area contributed by atoms with Crippen molar-refractivity contribution in [3.8, 4) is 17.2 Å². The second-order valence-electron chi connectivity index (χ2n) is 32.7. The Hall–Kier alpha value is -10.2. The van der Waals surface area contributed by atoms with Crippen LogP contribution < -0.4 is 23.7 Å². The lowest BCUT2D eigenvalue weighted by Gasteiger charge is -2.41. The van der Waals surface area contributed by atoms with E-state index in [9.17, 15) is 85.5 Å². The zero-order valence-corrected chi connectivity index (χ0v) is 76.0. The molecule has 2 aliphatic rings. The third-order valence-corrected chi connectivity index (χ3v) is 25.2. The van der Waals surface area contributed by atoms with Crippen molar-refractivity contribution in [2.24, 2.45) is 29.6 Å². The summed E-state index contributed by atoms with van der Waals surface area (Å²) in [6.07, 6.45) is -8.30. The van der Waals surface area contributed by atoms with E-state index in [2.05, 4.69) is 20.9 Å². The van der Waals surface area contributed by atoms with E-state index in [0.717, 1.165) is 28.2 Å². The fourth-order valence-corrected chi connectivity index (χ4v) is 17.2. The van der Waals surface area contributed by atoms with Crippen molar-refractivity contribution in [2.45, 2.75) is 205 Å². The monoisotopic (exact) mass is 1830 g/mol. The minimum absolute atomic E-state index is 0.0612. The highest BCUT2D eigenvalue weighted by atomic mass is 32.3. The molecule has 6 aromatic rings. The standard InChI is InChI=1S/C90H122N8O28S2/c1-13-58(7)80(75(117-11)50-77(103)98-38-17-21-69(98)84(118-12)59(8)72(102)48-65(88(110)111)47-60-19-15-14-16-20-60)95(9)87(109)78(55(2)3)92-86(108)79(56(4)5)96(10)90(112)122-54-61-25-32-67(33-26-61)125-128(115,116)126-74-49-64(31-36-73(74)123-89-83(106)82(105)81(104)76(53-99)124-89)70(100)22-18-40-119-42-44-121-45-43-120-41-39-97-52-66(93-94-97)51-91-85(107)63-29-27-62(28-30-63)71(101)37-46-127(113,114)68-34-23-57(6)24-35-68/h14-16,19-20,23-36,49,52,55-56,58-59,65,69,75-76,78-84,89,99,104-106H,13,17-18,21-22,37-48,50-51,53-54H2,1-12H3,(H,91,107)(H,92,108)(H,110,111)/t58?,59-,65?,69-,75+,76+,78-,79-,80-,81-,82-,83+,84+,89?/m0/s1. The van der Waals surface area contributed by atoms with Crippen LogP contribution in [0.1, 0.15) is 153 Å². The number of amides is 5. The number of rotatable bonds is 53. The van der Waals surface area contributed by atoms with Crippen LogP contribution in [-0.4, -0.2) is 279 Å². The summed E-state index contributed by atoms with van der Waals surface area (Å²) in [5.41, 5.74) is 3.01. The second-order valence-corrected chi connectivity index (χ2v) is 35.9. The van der Waals surface area contributed by atoms with Gasteiger partial charge in [-0.25, -0.2) is 17.9 Å². The highest BCUT2D eigenvalue weighted by molar-refractivity contribution is 7.91. The number of carbonyl (C=O) groups excluding carboxylic acids is 8. The van der Waals surface area contributed by atoms with Crippen molar-refractivity contribution < 1.29 is 132 Å². The van der Waals surface area contributed by atoms with Crippen molar-refractivity contribution in [3.63, 3.8) is 0 Å². The number of likely N-dealkylation sites (N-methyl/N-ethyl adjacent to an activating group) is 2. The van der Waals surface area contributed by atoms with Gasteiger partial charge in [-0.05, 0) is 116 Å². The molecule has 0 radical (unpaired) electrons. The highest BCUT2D eigenvalue weighted by Crippen LogP contribution is 2.36. The Balaban J connectivity index is 0.777. The summed E-state index contributed by atoms with van der Waals surface area (Å²) in [5, 5.41) is 65.5. The maximum Gasteiger partial charge on any atom is 0.501 e. The lowest BCUT2D eigenvalue weighted by atomic mass is 9.85. The topological polar surface area (TPSA) is 480 Å². The number of carbonyl (C=O) groups is 9. The van der Waals surface area contributed by atoms with Gasteiger partial charge in [0.2, 0.25) is 24.0 Å². The molecular formula is C90H122N8O28S2. The molecule has 5 amide bonds. The van der Waals surface area contributed by atoms with Crippen LogP contribution in [0.3, 0.4) is 0 Å². The average Bonchev–Trinajstić information content (AvgIpc) is 1.64. The summed E-state index contributed by atoms with van der Waals surface area (Å²) < 4.78 is 111. The SMILES string of the molecule is CCC(C)[C@@H]([C@@H](CC(=O)N1CCC[C@H]1[C@H](OC)[C@@H](C)C(=O)CC(Cc1ccccc1)C(=O)O)OC)N(C)C(=O)[C@@H](NC(=O)[C@H](C(C)C)N(C)C(=O)OCc1ccc(OS(=O)(=O)Oc2cc(C(=O)CCCOCCOCCOCCn3cc(CNC(=O)c4ccc(C(=O)CCS(=O)(=O)c5ccc(C)cc5)cc4)nn3)ccc2OC2O[C@H](CO)[C@H](O)[C@H](O)[C@H]2O)cc1)C(C)C. The van der Waals surface area contributed by atoms with E-state index in [1.807, 2.05) is 39.0 Å². The van der Waals surface area contributed by atoms with Crippen molar-refractivity contribution in [1.29, 1.82) is 0 Å². The molecule has 0 aliphatic carbocycles. The number of aliphatic carboxylic acids is 1. The number of nitrogens with zero attached hydrogens (tertiary/aromatic N) is 6. The molecule has 14 atom stereocenters. The number of likely N-dealkylation sites (tertiary alicyclic amines) is 1. The van der Waals surface area contributed by atoms with E-state index in [4.69, 9.17) is 46.3 Å². The van der Waals surface area contributed by atoms with Gasteiger partial charge in [-0.2, -0.15) is 0 Å². The molecule has 2 saturated heterocycles. The number of aromatic nitrogens is 3. The Morgan fingerprint density at radius 1 is 0.688 bits per heavy atom. The van der Waals surface area contributed by atoms with Crippen LogP contribution in [-0.2, 0) is 103 Å². The number of hydrogen-bond acceptors (Lipinski definition) is 29. The van der Waals surface area contributed by atoms with Gasteiger partial charge in [0.25, 0.3) is 5.91 Å². The van der Waals surface area contributed by atoms with Crippen LogP contribution in [0.25, 0.3) is 0 Å². The molecule has 0 spiro atoms. The largest absolute Gasteiger partial charge is 0.501 e. The Morgan fingerprint density at radius 2 is 1.33 bits per heavy atom. The fourth-order valence-electron chi connectivity index (χ4n) is 15.2. The third kappa shape index (κ3) is 29.7. The summed E-state index contributed by atoms with van der Waals surface area (Å²) in [6, 6.07) is 26.5. The van der Waals surface area contributed by atoms with Crippen molar-refractivity contribution >= 4 is 73.3 Å². The Bertz CT molecular complexity index is 4870. The molecule has 2 fully saturated rings. The summed E-state index contributed by atoms with van der Waals surface area (Å²) in [4.78, 5) is 128. The first-order valence-electron chi connectivity index (χ1n) is 42.7. The molecule has 1 aromatic heterocycles. The third-order valence-electron chi connectivity index (χ3n) is 22.7. The molecule has 3 unspecified atom stereocenters. The number of Topliss-reactive ketones (excluding diaryl/α,β-unsaturated/α-hetero) is 3. The molecule has 38 heteroatoms. The van der Waals surface area contributed by atoms with Gasteiger partial charge in [-0.1, -0.05) is 132 Å². The average molecular weight is 1830 g/mol. The van der Waals surface area contributed by atoms with Crippen LogP contribution in [0, 0.1) is 36.5 Å². The number of methoxy groups -OCH3 is 2. The maximum absolute atomic E-state index is 14.9. The number of benzene rings is 5. The molecule has 7 N–H and O–H groups in total. The number of carboxylic acid groups (broad SMARTS) is 1. The van der Waals surface area contributed by atoms with Crippen LogP contribution >= 0.6 is 0 Å². The van der Waals surface area contributed by atoms with Gasteiger partial charge in [-0.15, -0.1) is 13.5 Å². The van der Waals surface area contributed by atoms with E-state index < -0.39 is 165 Å². The highest BCUT2D eigenvalue weighted by Gasteiger charge is 2.47. The van der Waals surface area contributed by atoms with Gasteiger partial charge in [0.05, 0.1) is 106 Å². The van der Waals surface area contributed by atoms with E-state index in [1.165, 1.54) is 92.9 Å². The molecule has 5 aromatic carbocycles. The number of ether oxygens (including phenoxy) is 8. The van der Waals surface area contributed by atoms with Crippen LogP contribution in [0.5, 0.6) is 17.2 Å². The normalized spacial score (nSPS) is 18.4. The lowest BCUT2D eigenvalue weighted by molar-refractivity contribution is -0.277. The molecule has 36 nitrogen and oxygen atoms in total. The summed E-state index contributed by atoms with van der Waals surface area (Å²) in [5.74, 6) is -8.85. The fraction of sp³-hybridized carbons (Fsp3) is 0.544. The molecule has 702 valence electrons.